The summed E-state index contributed by atoms with van der Waals surface area (Å²) in [5.74, 6) is -1.57. The predicted octanol–water partition coefficient (Wildman–Crippen LogP) is 1.41. The Morgan fingerprint density at radius 3 is 2.42 bits per heavy atom. The lowest BCUT2D eigenvalue weighted by Crippen LogP contribution is -2.41. The van der Waals surface area contributed by atoms with E-state index in [9.17, 15) is 18.0 Å². The highest BCUT2D eigenvalue weighted by atomic mass is 32.2. The van der Waals surface area contributed by atoms with Gasteiger partial charge in [-0.15, -0.1) is 0 Å². The Balaban J connectivity index is 2.19. The number of amides is 1. The van der Waals surface area contributed by atoms with Crippen LogP contribution >= 0.6 is 0 Å². The molecular weight excluding hydrogens is 332 g/mol. The molecule has 0 spiro atoms. The standard InChI is InChI=1S/C16H22N2O5S/c1-12-5-3-4-10-18(12)24(22,23)14-8-6-13(7-9-14)16(21)17(2)11-15(19)20/h6-9,12H,3-5,10-11H2,1-2H3,(H,19,20). The van der Waals surface area contributed by atoms with Crippen molar-refractivity contribution in [3.05, 3.63) is 29.8 Å². The third-order valence-electron chi connectivity index (χ3n) is 4.17. The first-order chi connectivity index (χ1) is 11.2. The van der Waals surface area contributed by atoms with Crippen molar-refractivity contribution >= 4 is 21.9 Å². The van der Waals surface area contributed by atoms with Gasteiger partial charge in [0.1, 0.15) is 6.54 Å². The zero-order chi connectivity index (χ0) is 17.9. The molecule has 0 radical (unpaired) electrons. The minimum absolute atomic E-state index is 0.0354. The van der Waals surface area contributed by atoms with E-state index >= 15 is 0 Å². The van der Waals surface area contributed by atoms with Crippen molar-refractivity contribution in [1.82, 2.24) is 9.21 Å². The maximum atomic E-state index is 12.7. The van der Waals surface area contributed by atoms with Crippen LogP contribution in [0, 0.1) is 0 Å². The molecule has 1 aromatic carbocycles. The molecule has 1 amide bonds. The number of benzene rings is 1. The third-order valence-corrected chi connectivity index (χ3v) is 6.20. The van der Waals surface area contributed by atoms with E-state index in [1.165, 1.54) is 35.6 Å². The van der Waals surface area contributed by atoms with Crippen molar-refractivity contribution in [1.29, 1.82) is 0 Å². The van der Waals surface area contributed by atoms with Gasteiger partial charge in [-0.1, -0.05) is 6.42 Å². The number of likely N-dealkylation sites (N-methyl/N-ethyl adjacent to an activating group) is 1. The summed E-state index contributed by atoms with van der Waals surface area (Å²) in [4.78, 5) is 24.0. The average Bonchev–Trinajstić information content (AvgIpc) is 2.54. The summed E-state index contributed by atoms with van der Waals surface area (Å²) in [6, 6.07) is 5.60. The summed E-state index contributed by atoms with van der Waals surface area (Å²) < 4.78 is 26.9. The number of sulfonamides is 1. The number of piperidine rings is 1. The van der Waals surface area contributed by atoms with Crippen LogP contribution in [0.4, 0.5) is 0 Å². The molecule has 1 N–H and O–H groups in total. The average molecular weight is 354 g/mol. The van der Waals surface area contributed by atoms with Crippen molar-refractivity contribution in [2.45, 2.75) is 37.1 Å². The highest BCUT2D eigenvalue weighted by molar-refractivity contribution is 7.89. The number of hydrogen-bond acceptors (Lipinski definition) is 4. The highest BCUT2D eigenvalue weighted by Crippen LogP contribution is 2.25. The third kappa shape index (κ3) is 3.93. The highest BCUT2D eigenvalue weighted by Gasteiger charge is 2.31. The van der Waals surface area contributed by atoms with Crippen LogP contribution in [0.15, 0.2) is 29.2 Å². The van der Waals surface area contributed by atoms with Crippen LogP contribution < -0.4 is 0 Å². The van der Waals surface area contributed by atoms with Gasteiger partial charge in [0.2, 0.25) is 10.0 Å². The summed E-state index contributed by atoms with van der Waals surface area (Å²) in [7, 11) is -2.19. The van der Waals surface area contributed by atoms with Crippen LogP contribution in [-0.2, 0) is 14.8 Å². The number of hydrogen-bond donors (Lipinski definition) is 1. The van der Waals surface area contributed by atoms with Crippen LogP contribution in [0.5, 0.6) is 0 Å². The minimum Gasteiger partial charge on any atom is -0.480 e. The molecule has 24 heavy (non-hydrogen) atoms. The topological polar surface area (TPSA) is 95.0 Å². The van der Waals surface area contributed by atoms with E-state index in [1.54, 1.807) is 0 Å². The fraction of sp³-hybridized carbons (Fsp3) is 0.500. The maximum Gasteiger partial charge on any atom is 0.323 e. The van der Waals surface area contributed by atoms with Gasteiger partial charge in [0.15, 0.2) is 0 Å². The number of aliphatic carboxylic acids is 1. The Labute approximate surface area is 141 Å². The van der Waals surface area contributed by atoms with Crippen LogP contribution in [0.1, 0.15) is 36.5 Å². The lowest BCUT2D eigenvalue weighted by Gasteiger charge is -2.32. The first-order valence-electron chi connectivity index (χ1n) is 7.82. The largest absolute Gasteiger partial charge is 0.480 e. The molecule has 2 rings (SSSR count). The molecular formula is C16H22N2O5S. The van der Waals surface area contributed by atoms with Gasteiger partial charge in [0, 0.05) is 25.2 Å². The van der Waals surface area contributed by atoms with E-state index in [-0.39, 0.29) is 16.5 Å². The Hall–Kier alpha value is -1.93. The second kappa shape index (κ2) is 7.31. The molecule has 1 unspecified atom stereocenters. The first kappa shape index (κ1) is 18.4. The smallest absolute Gasteiger partial charge is 0.323 e. The summed E-state index contributed by atoms with van der Waals surface area (Å²) in [5, 5.41) is 8.72. The first-order valence-corrected chi connectivity index (χ1v) is 9.26. The van der Waals surface area contributed by atoms with Gasteiger partial charge < -0.3 is 10.0 Å². The molecule has 1 aliphatic rings. The van der Waals surface area contributed by atoms with Gasteiger partial charge in [0.05, 0.1) is 4.90 Å². The second-order valence-corrected chi connectivity index (χ2v) is 7.93. The van der Waals surface area contributed by atoms with Crippen molar-refractivity contribution in [3.8, 4) is 0 Å². The molecule has 0 bridgehead atoms. The number of rotatable bonds is 5. The summed E-state index contributed by atoms with van der Waals surface area (Å²) >= 11 is 0. The molecule has 132 valence electrons. The van der Waals surface area contributed by atoms with E-state index < -0.39 is 28.4 Å². The molecule has 8 heteroatoms. The number of carbonyl (C=O) groups is 2. The Bertz CT molecular complexity index is 714. The number of carboxylic acid groups (broad SMARTS) is 1. The maximum absolute atomic E-state index is 12.7. The van der Waals surface area contributed by atoms with Gasteiger partial charge in [-0.2, -0.15) is 4.31 Å². The summed E-state index contributed by atoms with van der Waals surface area (Å²) in [6.07, 6.45) is 2.71. The van der Waals surface area contributed by atoms with Gasteiger partial charge >= 0.3 is 5.97 Å². The predicted molar refractivity (Wildman–Crippen MR) is 88.2 cm³/mol. The van der Waals surface area contributed by atoms with Gasteiger partial charge in [0.25, 0.3) is 5.91 Å². The normalized spacial score (nSPS) is 19.0. The summed E-state index contributed by atoms with van der Waals surface area (Å²) in [6.45, 7) is 1.99. The lowest BCUT2D eigenvalue weighted by molar-refractivity contribution is -0.137. The van der Waals surface area contributed by atoms with Crippen molar-refractivity contribution < 1.29 is 23.1 Å². The van der Waals surface area contributed by atoms with Crippen LogP contribution in [0.25, 0.3) is 0 Å². The summed E-state index contributed by atoms with van der Waals surface area (Å²) in [5.41, 5.74) is 0.254. The fourth-order valence-corrected chi connectivity index (χ4v) is 4.53. The van der Waals surface area contributed by atoms with Gasteiger partial charge in [-0.05, 0) is 44.0 Å². The van der Waals surface area contributed by atoms with E-state index in [4.69, 9.17) is 5.11 Å². The Kier molecular flexibility index (Phi) is 5.61. The molecule has 7 nitrogen and oxygen atoms in total. The molecule has 1 atom stereocenters. The molecule has 1 heterocycles. The zero-order valence-electron chi connectivity index (χ0n) is 13.8. The molecule has 1 aliphatic heterocycles. The Morgan fingerprint density at radius 1 is 1.25 bits per heavy atom. The minimum atomic E-state index is -3.58. The SMILES string of the molecule is CC1CCCCN1S(=O)(=O)c1ccc(C(=O)N(C)CC(=O)O)cc1. The molecule has 1 saturated heterocycles. The van der Waals surface area contributed by atoms with E-state index in [0.29, 0.717) is 6.54 Å². The van der Waals surface area contributed by atoms with Crippen LogP contribution in [-0.4, -0.2) is 60.8 Å². The monoisotopic (exact) mass is 354 g/mol. The molecule has 0 aliphatic carbocycles. The number of carbonyl (C=O) groups excluding carboxylic acids is 1. The molecule has 1 aromatic rings. The fourth-order valence-electron chi connectivity index (χ4n) is 2.83. The quantitative estimate of drug-likeness (QED) is 0.862. The van der Waals surface area contributed by atoms with E-state index in [0.717, 1.165) is 24.2 Å². The number of nitrogens with zero attached hydrogens (tertiary/aromatic N) is 2. The Morgan fingerprint density at radius 2 is 1.88 bits per heavy atom. The zero-order valence-corrected chi connectivity index (χ0v) is 14.6. The lowest BCUT2D eigenvalue weighted by atomic mass is 10.1. The number of carboxylic acids is 1. The van der Waals surface area contributed by atoms with Crippen molar-refractivity contribution in [2.75, 3.05) is 20.1 Å². The van der Waals surface area contributed by atoms with E-state index in [2.05, 4.69) is 0 Å². The van der Waals surface area contributed by atoms with Crippen LogP contribution in [0.2, 0.25) is 0 Å². The van der Waals surface area contributed by atoms with Crippen molar-refractivity contribution in [3.63, 3.8) is 0 Å². The van der Waals surface area contributed by atoms with Gasteiger partial charge in [-0.3, -0.25) is 9.59 Å². The van der Waals surface area contributed by atoms with Gasteiger partial charge in [-0.25, -0.2) is 8.42 Å². The van der Waals surface area contributed by atoms with Crippen LogP contribution in [0.3, 0.4) is 0 Å². The molecule has 0 saturated carbocycles. The second-order valence-electron chi connectivity index (χ2n) is 6.04. The molecule has 0 aromatic heterocycles. The van der Waals surface area contributed by atoms with Crippen molar-refractivity contribution in [2.24, 2.45) is 0 Å². The molecule has 1 fully saturated rings. The van der Waals surface area contributed by atoms with E-state index in [1.807, 2.05) is 6.92 Å².